The minimum Gasteiger partial charge on any atom is -0.383 e. The van der Waals surface area contributed by atoms with E-state index in [1.807, 2.05) is 29.7 Å². The zero-order chi connectivity index (χ0) is 18.4. The molecule has 1 fully saturated rings. The molecule has 8 heteroatoms. The quantitative estimate of drug-likeness (QED) is 0.653. The molecule has 1 aliphatic rings. The Hall–Kier alpha value is -2.31. The third kappa shape index (κ3) is 3.10. The van der Waals surface area contributed by atoms with Gasteiger partial charge in [0.1, 0.15) is 11.6 Å². The van der Waals surface area contributed by atoms with Crippen molar-refractivity contribution in [1.29, 1.82) is 0 Å². The Balaban J connectivity index is 1.82. The number of hydrogen-bond acceptors (Lipinski definition) is 5. The molecule has 134 valence electrons. The summed E-state index contributed by atoms with van der Waals surface area (Å²) in [6.07, 6.45) is 1.98. The van der Waals surface area contributed by atoms with E-state index in [1.54, 1.807) is 12.1 Å². The monoisotopic (exact) mass is 389 g/mol. The molecule has 0 radical (unpaired) electrons. The van der Waals surface area contributed by atoms with Crippen molar-refractivity contribution in [2.24, 2.45) is 0 Å². The fourth-order valence-electron chi connectivity index (χ4n) is 3.20. The third-order valence-electron chi connectivity index (χ3n) is 4.50. The van der Waals surface area contributed by atoms with Crippen LogP contribution < -0.4 is 16.6 Å². The van der Waals surface area contributed by atoms with Crippen molar-refractivity contribution in [3.8, 4) is 0 Å². The third-order valence-corrected chi connectivity index (χ3v) is 4.98. The van der Waals surface area contributed by atoms with E-state index in [1.165, 1.54) is 0 Å². The van der Waals surface area contributed by atoms with E-state index in [0.29, 0.717) is 16.2 Å². The Bertz CT molecular complexity index is 1040. The maximum absolute atomic E-state index is 13.1. The molecule has 0 spiro atoms. The molecule has 4 rings (SSSR count). The maximum Gasteiger partial charge on any atom is 0.260 e. The second-order valence-electron chi connectivity index (χ2n) is 6.49. The Kier molecular flexibility index (Phi) is 4.25. The number of nitrogens with one attached hydrogen (secondary N) is 1. The molecule has 3 N–H and O–H groups in total. The Morgan fingerprint density at radius 1 is 1.27 bits per heavy atom. The molecule has 0 amide bonds. The van der Waals surface area contributed by atoms with E-state index in [9.17, 15) is 4.79 Å². The summed E-state index contributed by atoms with van der Waals surface area (Å²) in [5, 5.41) is 5.20. The van der Waals surface area contributed by atoms with Crippen LogP contribution in [-0.2, 0) is 0 Å². The summed E-state index contributed by atoms with van der Waals surface area (Å²) in [6.45, 7) is 1.97. The number of nitrogen functional groups attached to an aromatic ring is 1. The molecule has 26 heavy (non-hydrogen) atoms. The number of fused-ring (bicyclic) bond motifs is 1. The van der Waals surface area contributed by atoms with E-state index < -0.39 is 0 Å². The van der Waals surface area contributed by atoms with E-state index in [2.05, 4.69) is 15.3 Å². The summed E-state index contributed by atoms with van der Waals surface area (Å²) < 4.78 is 1.85. The number of rotatable bonds is 4. The average Bonchev–Trinajstić information content (AvgIpc) is 3.38. The van der Waals surface area contributed by atoms with Gasteiger partial charge in [-0.05, 0) is 48.9 Å². The van der Waals surface area contributed by atoms with Crippen LogP contribution in [0.25, 0.3) is 10.8 Å². The summed E-state index contributed by atoms with van der Waals surface area (Å²) in [5.41, 5.74) is 6.55. The first-order valence-corrected chi connectivity index (χ1v) is 9.10. The predicted molar refractivity (Wildman–Crippen MR) is 105 cm³/mol. The second kappa shape index (κ2) is 6.45. The van der Waals surface area contributed by atoms with Crippen molar-refractivity contribution in [2.45, 2.75) is 31.8 Å². The zero-order valence-electron chi connectivity index (χ0n) is 14.0. The molecule has 6 nitrogen and oxygen atoms in total. The van der Waals surface area contributed by atoms with Gasteiger partial charge < -0.3 is 15.6 Å². The normalized spacial score (nSPS) is 15.2. The fourth-order valence-corrected chi connectivity index (χ4v) is 3.65. The molecule has 1 aliphatic carbocycles. The highest BCUT2D eigenvalue weighted by atomic mass is 35.5. The first-order chi connectivity index (χ1) is 12.4. The maximum atomic E-state index is 13.1. The zero-order valence-corrected chi connectivity index (χ0v) is 15.6. The van der Waals surface area contributed by atoms with Gasteiger partial charge in [-0.2, -0.15) is 0 Å². The molecule has 1 saturated carbocycles. The van der Waals surface area contributed by atoms with Crippen LogP contribution in [-0.4, -0.2) is 14.5 Å². The molecule has 1 aromatic carbocycles. The van der Waals surface area contributed by atoms with Gasteiger partial charge >= 0.3 is 0 Å². The lowest BCUT2D eigenvalue weighted by Crippen LogP contribution is -2.26. The Morgan fingerprint density at radius 2 is 2.04 bits per heavy atom. The highest BCUT2D eigenvalue weighted by molar-refractivity contribution is 6.35. The van der Waals surface area contributed by atoms with E-state index >= 15 is 0 Å². The van der Waals surface area contributed by atoms with Gasteiger partial charge in [-0.3, -0.25) is 4.79 Å². The van der Waals surface area contributed by atoms with Gasteiger partial charge in [0.2, 0.25) is 5.28 Å². The molecule has 0 unspecified atom stereocenters. The van der Waals surface area contributed by atoms with Gasteiger partial charge in [0.25, 0.3) is 5.56 Å². The number of nitrogens with zero attached hydrogens (tertiary/aromatic N) is 3. The number of pyridine rings is 1. The van der Waals surface area contributed by atoms with Gasteiger partial charge in [0.05, 0.1) is 16.5 Å². The van der Waals surface area contributed by atoms with Crippen LogP contribution in [0.1, 0.15) is 37.5 Å². The lowest BCUT2D eigenvalue weighted by molar-refractivity contribution is 0.636. The second-order valence-corrected chi connectivity index (χ2v) is 7.24. The van der Waals surface area contributed by atoms with Gasteiger partial charge in [-0.25, -0.2) is 9.97 Å². The first kappa shape index (κ1) is 17.1. The van der Waals surface area contributed by atoms with Crippen LogP contribution in [0.4, 0.5) is 11.6 Å². The molecule has 1 atom stereocenters. The lowest BCUT2D eigenvalue weighted by atomic mass is 10.1. The minimum atomic E-state index is -0.183. The molecular weight excluding hydrogens is 373 g/mol. The largest absolute Gasteiger partial charge is 0.383 e. The molecule has 0 bridgehead atoms. The van der Waals surface area contributed by atoms with Crippen LogP contribution in [0.5, 0.6) is 0 Å². The van der Waals surface area contributed by atoms with E-state index in [-0.39, 0.29) is 28.7 Å². The van der Waals surface area contributed by atoms with Gasteiger partial charge in [-0.1, -0.05) is 23.7 Å². The summed E-state index contributed by atoms with van der Waals surface area (Å²) in [7, 11) is 0. The molecule has 3 aromatic rings. The summed E-state index contributed by atoms with van der Waals surface area (Å²) >= 11 is 12.2. The van der Waals surface area contributed by atoms with Gasteiger partial charge in [-0.15, -0.1) is 0 Å². The first-order valence-electron chi connectivity index (χ1n) is 8.34. The van der Waals surface area contributed by atoms with Crippen LogP contribution in [0, 0.1) is 0 Å². The number of nitrogens with two attached hydrogens (primary N) is 1. The van der Waals surface area contributed by atoms with Crippen molar-refractivity contribution in [1.82, 2.24) is 14.5 Å². The predicted octanol–water partition coefficient (Wildman–Crippen LogP) is 4.19. The smallest absolute Gasteiger partial charge is 0.260 e. The molecule has 2 aromatic heterocycles. The minimum absolute atomic E-state index is 0.0560. The Morgan fingerprint density at radius 3 is 2.73 bits per heavy atom. The number of benzene rings is 1. The van der Waals surface area contributed by atoms with Crippen molar-refractivity contribution in [3.05, 3.63) is 56.7 Å². The lowest BCUT2D eigenvalue weighted by Gasteiger charge is -2.21. The summed E-state index contributed by atoms with van der Waals surface area (Å²) in [4.78, 5) is 21.1. The molecule has 0 saturated heterocycles. The van der Waals surface area contributed by atoms with Crippen molar-refractivity contribution in [3.63, 3.8) is 0 Å². The van der Waals surface area contributed by atoms with E-state index in [0.717, 1.165) is 23.9 Å². The van der Waals surface area contributed by atoms with Gasteiger partial charge in [0.15, 0.2) is 0 Å². The average molecular weight is 390 g/mol. The standard InChI is InChI=1S/C18H17Cl2N5O/c1-9(22-15-8-14(21)23-18(20)24-15)13-7-10-3-2-4-12(19)16(10)17(26)25(13)11-5-6-11/h2-4,7-9,11H,5-6H2,1H3,(H3,21,22,23,24)/t9-/m0/s1. The summed E-state index contributed by atoms with van der Waals surface area (Å²) in [6, 6.07) is 9.13. The van der Waals surface area contributed by atoms with Crippen LogP contribution in [0.3, 0.4) is 0 Å². The SMILES string of the molecule is C[C@H](Nc1cc(N)nc(Cl)n1)c1cc2cccc(Cl)c2c(=O)n1C1CC1. The number of hydrogen-bond donors (Lipinski definition) is 2. The number of halogens is 2. The highest BCUT2D eigenvalue weighted by Gasteiger charge is 2.29. The van der Waals surface area contributed by atoms with Gasteiger partial charge in [0, 0.05) is 17.8 Å². The van der Waals surface area contributed by atoms with Crippen molar-refractivity contribution in [2.75, 3.05) is 11.1 Å². The fraction of sp³-hybridized carbons (Fsp3) is 0.278. The molecular formula is C18H17Cl2N5O. The number of aromatic nitrogens is 3. The van der Waals surface area contributed by atoms with Crippen LogP contribution >= 0.6 is 23.2 Å². The van der Waals surface area contributed by atoms with Crippen molar-refractivity contribution >= 4 is 45.6 Å². The highest BCUT2D eigenvalue weighted by Crippen LogP contribution is 2.37. The van der Waals surface area contributed by atoms with Crippen LogP contribution in [0.2, 0.25) is 10.3 Å². The van der Waals surface area contributed by atoms with E-state index in [4.69, 9.17) is 28.9 Å². The molecule has 2 heterocycles. The number of anilines is 2. The van der Waals surface area contributed by atoms with Crippen molar-refractivity contribution < 1.29 is 0 Å². The van der Waals surface area contributed by atoms with Crippen LogP contribution in [0.15, 0.2) is 35.1 Å². The summed E-state index contributed by atoms with van der Waals surface area (Å²) in [5.74, 6) is 0.792. The molecule has 0 aliphatic heterocycles. The topological polar surface area (TPSA) is 85.8 Å². The Labute approximate surface area is 160 Å².